The average molecular weight is 241 g/mol. The molecule has 78 valence electrons. The Morgan fingerprint density at radius 2 is 2.13 bits per heavy atom. The monoisotopic (exact) mass is 241 g/mol. The molecule has 0 aliphatic rings. The first-order valence-electron chi connectivity index (χ1n) is 4.06. The van der Waals surface area contributed by atoms with Crippen LogP contribution in [0.15, 0.2) is 46.2 Å². The molecule has 0 fully saturated rings. The van der Waals surface area contributed by atoms with E-state index in [1.807, 2.05) is 0 Å². The molecular weight excluding hydrogens is 234 g/mol. The first-order chi connectivity index (χ1) is 7.18. The van der Waals surface area contributed by atoms with Crippen LogP contribution in [0.3, 0.4) is 0 Å². The summed E-state index contributed by atoms with van der Waals surface area (Å²) in [4.78, 5) is 3.76. The number of pyridine rings is 1. The number of rotatable bonds is 3. The molecule has 0 spiro atoms. The van der Waals surface area contributed by atoms with Crippen LogP contribution in [-0.4, -0.2) is 13.4 Å². The number of thiophene rings is 1. The first kappa shape index (κ1) is 10.1. The van der Waals surface area contributed by atoms with Crippen molar-refractivity contribution in [2.24, 2.45) is 0 Å². The second-order valence-electron chi connectivity index (χ2n) is 2.66. The fraction of sp³-hybridized carbons (Fsp3) is 0. The number of nitrogens with zero attached hydrogens (tertiary/aromatic N) is 1. The van der Waals surface area contributed by atoms with Crippen molar-refractivity contribution in [2.45, 2.75) is 4.21 Å². The summed E-state index contributed by atoms with van der Waals surface area (Å²) in [5, 5.41) is 1.68. The Balaban J connectivity index is 2.27. The Bertz CT molecular complexity index is 520. The van der Waals surface area contributed by atoms with Gasteiger partial charge in [0.1, 0.15) is 0 Å². The molecule has 2 heterocycles. The van der Waals surface area contributed by atoms with Crippen LogP contribution in [0.25, 0.3) is 0 Å². The van der Waals surface area contributed by atoms with Crippen LogP contribution in [0, 0.1) is 0 Å². The van der Waals surface area contributed by atoms with Crippen LogP contribution in [0.4, 0.5) is 0 Å². The highest BCUT2D eigenvalue weighted by atomic mass is 32.3. The summed E-state index contributed by atoms with van der Waals surface area (Å²) in [6, 6.07) is 6.30. The van der Waals surface area contributed by atoms with Crippen LogP contribution in [0.5, 0.6) is 5.75 Å². The minimum Gasteiger partial charge on any atom is -0.377 e. The molecule has 0 aromatic carbocycles. The zero-order chi connectivity index (χ0) is 10.7. The second kappa shape index (κ2) is 4.00. The summed E-state index contributed by atoms with van der Waals surface area (Å²) in [6.45, 7) is 0. The Morgan fingerprint density at radius 1 is 1.27 bits per heavy atom. The van der Waals surface area contributed by atoms with E-state index >= 15 is 0 Å². The van der Waals surface area contributed by atoms with Crippen molar-refractivity contribution in [3.8, 4) is 5.75 Å². The van der Waals surface area contributed by atoms with Gasteiger partial charge >= 0.3 is 10.1 Å². The van der Waals surface area contributed by atoms with Gasteiger partial charge in [-0.25, -0.2) is 0 Å². The SMILES string of the molecule is O=S(=O)(Oc1cccnc1)c1cccs1. The van der Waals surface area contributed by atoms with E-state index in [1.54, 1.807) is 23.7 Å². The van der Waals surface area contributed by atoms with Gasteiger partial charge in [-0.15, -0.1) is 11.3 Å². The second-order valence-corrected chi connectivity index (χ2v) is 5.38. The molecule has 15 heavy (non-hydrogen) atoms. The molecular formula is C9H7NO3S2. The van der Waals surface area contributed by atoms with Crippen LogP contribution in [0.2, 0.25) is 0 Å². The van der Waals surface area contributed by atoms with E-state index in [4.69, 9.17) is 4.18 Å². The molecule has 0 saturated carbocycles. The molecule has 0 N–H and O–H groups in total. The van der Waals surface area contributed by atoms with Gasteiger partial charge in [0.2, 0.25) is 0 Å². The maximum atomic E-state index is 11.6. The van der Waals surface area contributed by atoms with E-state index in [-0.39, 0.29) is 9.96 Å². The fourth-order valence-corrected chi connectivity index (χ4v) is 2.84. The van der Waals surface area contributed by atoms with Gasteiger partial charge in [0.05, 0.1) is 6.20 Å². The van der Waals surface area contributed by atoms with Gasteiger partial charge in [0.25, 0.3) is 0 Å². The molecule has 0 saturated heterocycles. The molecule has 6 heteroatoms. The Hall–Kier alpha value is -1.40. The third-order valence-electron chi connectivity index (χ3n) is 1.58. The maximum absolute atomic E-state index is 11.6. The van der Waals surface area contributed by atoms with E-state index < -0.39 is 10.1 Å². The predicted octanol–water partition coefficient (Wildman–Crippen LogP) is 1.91. The highest BCUT2D eigenvalue weighted by Gasteiger charge is 2.17. The van der Waals surface area contributed by atoms with Crippen molar-refractivity contribution in [2.75, 3.05) is 0 Å². The van der Waals surface area contributed by atoms with Crippen molar-refractivity contribution in [3.63, 3.8) is 0 Å². The van der Waals surface area contributed by atoms with Crippen LogP contribution in [-0.2, 0) is 10.1 Å². The Kier molecular flexibility index (Phi) is 2.70. The highest BCUT2D eigenvalue weighted by molar-refractivity contribution is 7.89. The molecule has 4 nitrogen and oxygen atoms in total. The third-order valence-corrected chi connectivity index (χ3v) is 4.19. The van der Waals surface area contributed by atoms with E-state index in [2.05, 4.69) is 4.98 Å². The standard InChI is InChI=1S/C9H7NO3S2/c11-15(12,9-4-2-6-14-9)13-8-3-1-5-10-7-8/h1-7H. The molecule has 0 unspecified atom stereocenters. The molecule has 2 rings (SSSR count). The van der Waals surface area contributed by atoms with E-state index in [1.165, 1.54) is 18.3 Å². The minimum absolute atomic E-state index is 0.186. The zero-order valence-electron chi connectivity index (χ0n) is 7.53. The summed E-state index contributed by atoms with van der Waals surface area (Å²) < 4.78 is 28.3. The lowest BCUT2D eigenvalue weighted by Crippen LogP contribution is -2.07. The van der Waals surface area contributed by atoms with E-state index in [0.717, 1.165) is 11.3 Å². The van der Waals surface area contributed by atoms with Crippen molar-refractivity contribution in [3.05, 3.63) is 42.0 Å². The van der Waals surface area contributed by atoms with Gasteiger partial charge in [-0.2, -0.15) is 8.42 Å². The lowest BCUT2D eigenvalue weighted by molar-refractivity contribution is 0.487. The average Bonchev–Trinajstić information content (AvgIpc) is 2.71. The molecule has 0 amide bonds. The highest BCUT2D eigenvalue weighted by Crippen LogP contribution is 2.20. The smallest absolute Gasteiger partial charge is 0.348 e. The topological polar surface area (TPSA) is 56.3 Å². The molecule has 2 aromatic rings. The van der Waals surface area contributed by atoms with Gasteiger partial charge in [-0.1, -0.05) is 6.07 Å². The van der Waals surface area contributed by atoms with Crippen molar-refractivity contribution in [1.29, 1.82) is 0 Å². The molecule has 0 atom stereocenters. The summed E-state index contributed by atoms with van der Waals surface area (Å²) in [5.74, 6) is 0.214. The molecule has 0 aliphatic carbocycles. The minimum atomic E-state index is -3.69. The van der Waals surface area contributed by atoms with Gasteiger partial charge in [-0.05, 0) is 23.6 Å². The van der Waals surface area contributed by atoms with Gasteiger partial charge in [0.15, 0.2) is 9.96 Å². The Morgan fingerprint density at radius 3 is 2.73 bits per heavy atom. The van der Waals surface area contributed by atoms with Crippen LogP contribution < -0.4 is 4.18 Å². The zero-order valence-corrected chi connectivity index (χ0v) is 9.16. The third kappa shape index (κ3) is 2.34. The fourth-order valence-electron chi connectivity index (χ4n) is 0.970. The summed E-state index contributed by atoms with van der Waals surface area (Å²) in [5.41, 5.74) is 0. The molecule has 0 aliphatic heterocycles. The summed E-state index contributed by atoms with van der Waals surface area (Å²) in [7, 11) is -3.69. The largest absolute Gasteiger partial charge is 0.377 e. The predicted molar refractivity (Wildman–Crippen MR) is 56.4 cm³/mol. The van der Waals surface area contributed by atoms with Crippen molar-refractivity contribution >= 4 is 21.5 Å². The van der Waals surface area contributed by atoms with Crippen LogP contribution in [0.1, 0.15) is 0 Å². The summed E-state index contributed by atoms with van der Waals surface area (Å²) in [6.07, 6.45) is 2.90. The number of hydrogen-bond acceptors (Lipinski definition) is 5. The quantitative estimate of drug-likeness (QED) is 0.770. The number of hydrogen-bond donors (Lipinski definition) is 0. The summed E-state index contributed by atoms with van der Waals surface area (Å²) >= 11 is 1.12. The number of aromatic nitrogens is 1. The van der Waals surface area contributed by atoms with Gasteiger partial charge < -0.3 is 4.18 Å². The van der Waals surface area contributed by atoms with Gasteiger partial charge in [-0.3, -0.25) is 4.98 Å². The maximum Gasteiger partial charge on any atom is 0.348 e. The lowest BCUT2D eigenvalue weighted by Gasteiger charge is -2.03. The van der Waals surface area contributed by atoms with Gasteiger partial charge in [0, 0.05) is 6.20 Å². The van der Waals surface area contributed by atoms with Crippen molar-refractivity contribution in [1.82, 2.24) is 4.98 Å². The van der Waals surface area contributed by atoms with Crippen LogP contribution >= 0.6 is 11.3 Å². The molecule has 0 radical (unpaired) electrons. The van der Waals surface area contributed by atoms with E-state index in [9.17, 15) is 8.42 Å². The Labute approximate surface area is 91.3 Å². The van der Waals surface area contributed by atoms with Crippen molar-refractivity contribution < 1.29 is 12.6 Å². The normalized spacial score (nSPS) is 11.2. The molecule has 0 bridgehead atoms. The molecule has 2 aromatic heterocycles. The first-order valence-corrected chi connectivity index (χ1v) is 6.35. The lowest BCUT2D eigenvalue weighted by atomic mass is 10.5. The van der Waals surface area contributed by atoms with E-state index in [0.29, 0.717) is 0 Å².